The lowest BCUT2D eigenvalue weighted by Crippen LogP contribution is -2.18. The highest BCUT2D eigenvalue weighted by Gasteiger charge is 2.17. The van der Waals surface area contributed by atoms with Crippen molar-refractivity contribution in [2.75, 3.05) is 5.32 Å². The second-order valence-corrected chi connectivity index (χ2v) is 5.97. The van der Waals surface area contributed by atoms with Crippen LogP contribution in [0, 0.1) is 5.92 Å². The summed E-state index contributed by atoms with van der Waals surface area (Å²) >= 11 is 1.52. The highest BCUT2D eigenvalue weighted by atomic mass is 32.1. The molecule has 0 amide bonds. The summed E-state index contributed by atoms with van der Waals surface area (Å²) in [4.78, 5) is 4.54. The molecule has 1 N–H and O–H groups in total. The van der Waals surface area contributed by atoms with Crippen LogP contribution in [-0.4, -0.2) is 15.4 Å². The van der Waals surface area contributed by atoms with E-state index in [-0.39, 0.29) is 0 Å². The van der Waals surface area contributed by atoms with Crippen molar-refractivity contribution in [3.05, 3.63) is 5.82 Å². The third kappa shape index (κ3) is 3.95. The SMILES string of the molecule is CCCc1nsc(NC2CCCC(C)CC2)n1. The molecular weight excluding hydrogens is 230 g/mol. The summed E-state index contributed by atoms with van der Waals surface area (Å²) in [6.07, 6.45) is 8.76. The minimum Gasteiger partial charge on any atom is -0.358 e. The zero-order valence-electron chi connectivity index (χ0n) is 10.9. The zero-order valence-corrected chi connectivity index (χ0v) is 11.7. The third-order valence-corrected chi connectivity index (χ3v) is 4.21. The van der Waals surface area contributed by atoms with Crippen LogP contribution < -0.4 is 5.32 Å². The number of aromatic nitrogens is 2. The Bertz CT molecular complexity index is 337. The molecule has 1 saturated carbocycles. The maximum atomic E-state index is 4.54. The largest absolute Gasteiger partial charge is 0.358 e. The minimum atomic E-state index is 0.613. The van der Waals surface area contributed by atoms with Gasteiger partial charge in [-0.25, -0.2) is 4.98 Å². The first-order valence-electron chi connectivity index (χ1n) is 6.87. The summed E-state index contributed by atoms with van der Waals surface area (Å²) in [6.45, 7) is 4.54. The first kappa shape index (κ1) is 12.8. The molecule has 1 aliphatic carbocycles. The molecule has 0 spiro atoms. The molecule has 1 heterocycles. The molecule has 2 atom stereocenters. The first-order chi connectivity index (χ1) is 8.28. The predicted molar refractivity (Wildman–Crippen MR) is 73.6 cm³/mol. The van der Waals surface area contributed by atoms with E-state index in [1.165, 1.54) is 43.6 Å². The molecule has 2 unspecified atom stereocenters. The fraction of sp³-hybridized carbons (Fsp3) is 0.846. The van der Waals surface area contributed by atoms with Crippen molar-refractivity contribution in [1.29, 1.82) is 0 Å². The predicted octanol–water partition coefficient (Wildman–Crippen LogP) is 3.87. The number of aryl methyl sites for hydroxylation is 1. The standard InChI is InChI=1S/C13H23N3S/c1-3-5-12-15-13(17-16-12)14-11-7-4-6-10(2)8-9-11/h10-11H,3-9H2,1-2H3,(H,14,15,16). The fourth-order valence-corrected chi connectivity index (χ4v) is 3.13. The van der Waals surface area contributed by atoms with Crippen molar-refractivity contribution in [2.45, 2.75) is 64.8 Å². The van der Waals surface area contributed by atoms with Crippen molar-refractivity contribution in [3.63, 3.8) is 0 Å². The second kappa shape index (κ2) is 6.34. The van der Waals surface area contributed by atoms with Crippen LogP contribution in [0.2, 0.25) is 0 Å². The quantitative estimate of drug-likeness (QED) is 0.828. The Hall–Kier alpha value is -0.640. The molecule has 0 aliphatic heterocycles. The Labute approximate surface area is 108 Å². The van der Waals surface area contributed by atoms with Crippen LogP contribution in [0.25, 0.3) is 0 Å². The van der Waals surface area contributed by atoms with Gasteiger partial charge in [-0.1, -0.05) is 26.7 Å². The number of nitrogens with zero attached hydrogens (tertiary/aromatic N) is 2. The highest BCUT2D eigenvalue weighted by molar-refractivity contribution is 7.09. The Morgan fingerprint density at radius 3 is 3.00 bits per heavy atom. The Kier molecular flexibility index (Phi) is 4.77. The summed E-state index contributed by atoms with van der Waals surface area (Å²) in [5, 5.41) is 4.59. The van der Waals surface area contributed by atoms with E-state index in [9.17, 15) is 0 Å². The van der Waals surface area contributed by atoms with Crippen molar-refractivity contribution in [1.82, 2.24) is 9.36 Å². The van der Waals surface area contributed by atoms with E-state index >= 15 is 0 Å². The van der Waals surface area contributed by atoms with Crippen LogP contribution >= 0.6 is 11.5 Å². The van der Waals surface area contributed by atoms with Gasteiger partial charge in [0.25, 0.3) is 0 Å². The molecule has 0 aromatic carbocycles. The summed E-state index contributed by atoms with van der Waals surface area (Å²) in [5.41, 5.74) is 0. The van der Waals surface area contributed by atoms with E-state index in [1.807, 2.05) is 0 Å². The molecule has 1 aromatic heterocycles. The number of nitrogens with one attached hydrogen (secondary N) is 1. The number of hydrogen-bond donors (Lipinski definition) is 1. The van der Waals surface area contributed by atoms with Crippen LogP contribution in [0.5, 0.6) is 0 Å². The van der Waals surface area contributed by atoms with Gasteiger partial charge in [-0.3, -0.25) is 0 Å². The van der Waals surface area contributed by atoms with Gasteiger partial charge in [0.2, 0.25) is 5.13 Å². The van der Waals surface area contributed by atoms with Crippen molar-refractivity contribution >= 4 is 16.7 Å². The van der Waals surface area contributed by atoms with Crippen LogP contribution in [0.3, 0.4) is 0 Å². The smallest absolute Gasteiger partial charge is 0.202 e. The molecule has 96 valence electrons. The molecule has 2 rings (SSSR count). The molecule has 4 heteroatoms. The lowest BCUT2D eigenvalue weighted by atomic mass is 10.0. The van der Waals surface area contributed by atoms with Gasteiger partial charge in [-0.15, -0.1) is 0 Å². The van der Waals surface area contributed by atoms with E-state index < -0.39 is 0 Å². The van der Waals surface area contributed by atoms with Crippen molar-refractivity contribution < 1.29 is 0 Å². The van der Waals surface area contributed by atoms with E-state index in [2.05, 4.69) is 28.5 Å². The van der Waals surface area contributed by atoms with E-state index in [1.54, 1.807) is 0 Å². The Morgan fingerprint density at radius 1 is 1.29 bits per heavy atom. The van der Waals surface area contributed by atoms with Crippen LogP contribution in [0.15, 0.2) is 0 Å². The van der Waals surface area contributed by atoms with Crippen molar-refractivity contribution in [2.24, 2.45) is 5.92 Å². The number of rotatable bonds is 4. The lowest BCUT2D eigenvalue weighted by molar-refractivity contribution is 0.502. The van der Waals surface area contributed by atoms with Crippen molar-refractivity contribution in [3.8, 4) is 0 Å². The van der Waals surface area contributed by atoms with Gasteiger partial charge < -0.3 is 5.32 Å². The fourth-order valence-electron chi connectivity index (χ4n) is 2.44. The van der Waals surface area contributed by atoms with Gasteiger partial charge in [0.15, 0.2) is 0 Å². The third-order valence-electron chi connectivity index (χ3n) is 3.53. The summed E-state index contributed by atoms with van der Waals surface area (Å²) in [5.74, 6) is 1.90. The van der Waals surface area contributed by atoms with Gasteiger partial charge in [-0.2, -0.15) is 4.37 Å². The normalized spacial score (nSPS) is 25.5. The second-order valence-electron chi connectivity index (χ2n) is 5.22. The molecular formula is C13H23N3S. The highest BCUT2D eigenvalue weighted by Crippen LogP contribution is 2.25. The molecule has 3 nitrogen and oxygen atoms in total. The molecule has 0 bridgehead atoms. The van der Waals surface area contributed by atoms with Crippen LogP contribution in [0.4, 0.5) is 5.13 Å². The molecule has 1 fully saturated rings. The average molecular weight is 253 g/mol. The van der Waals surface area contributed by atoms with Gasteiger partial charge in [0.05, 0.1) is 0 Å². The van der Waals surface area contributed by atoms with E-state index in [0.717, 1.165) is 29.7 Å². The Balaban J connectivity index is 1.86. The van der Waals surface area contributed by atoms with Gasteiger partial charge in [0.1, 0.15) is 5.82 Å². The molecule has 17 heavy (non-hydrogen) atoms. The maximum absolute atomic E-state index is 4.54. The number of anilines is 1. The summed E-state index contributed by atoms with van der Waals surface area (Å²) in [6, 6.07) is 0.613. The average Bonchev–Trinajstić information content (AvgIpc) is 2.63. The first-order valence-corrected chi connectivity index (χ1v) is 7.64. The maximum Gasteiger partial charge on any atom is 0.202 e. The topological polar surface area (TPSA) is 37.8 Å². The molecule has 0 radical (unpaired) electrons. The molecule has 1 aliphatic rings. The Morgan fingerprint density at radius 2 is 2.18 bits per heavy atom. The van der Waals surface area contributed by atoms with E-state index in [0.29, 0.717) is 6.04 Å². The van der Waals surface area contributed by atoms with E-state index in [4.69, 9.17) is 0 Å². The van der Waals surface area contributed by atoms with Gasteiger partial charge >= 0.3 is 0 Å². The van der Waals surface area contributed by atoms with Crippen LogP contribution in [0.1, 0.15) is 58.2 Å². The van der Waals surface area contributed by atoms with Gasteiger partial charge in [-0.05, 0) is 31.6 Å². The number of hydrogen-bond acceptors (Lipinski definition) is 4. The summed E-state index contributed by atoms with van der Waals surface area (Å²) < 4.78 is 4.38. The zero-order chi connectivity index (χ0) is 12.1. The minimum absolute atomic E-state index is 0.613. The molecule has 1 aromatic rings. The lowest BCUT2D eigenvalue weighted by Gasteiger charge is -2.14. The summed E-state index contributed by atoms with van der Waals surface area (Å²) in [7, 11) is 0. The molecule has 0 saturated heterocycles. The van der Waals surface area contributed by atoms with Crippen LogP contribution in [-0.2, 0) is 6.42 Å². The monoisotopic (exact) mass is 253 g/mol. The van der Waals surface area contributed by atoms with Gasteiger partial charge in [0, 0.05) is 24.0 Å².